The molecule has 0 radical (unpaired) electrons. The van der Waals surface area contributed by atoms with Gasteiger partial charge in [-0.2, -0.15) is 0 Å². The summed E-state index contributed by atoms with van der Waals surface area (Å²) in [5.74, 6) is 0.573. The molecule has 8 heteroatoms. The average molecular weight is 355 g/mol. The summed E-state index contributed by atoms with van der Waals surface area (Å²) < 4.78 is 8.04. The lowest BCUT2D eigenvalue weighted by atomic mass is 10.2. The van der Waals surface area contributed by atoms with Crippen molar-refractivity contribution < 1.29 is 9.53 Å². The Morgan fingerprint density at radius 1 is 1.23 bits per heavy atom. The molecule has 0 saturated carbocycles. The molecule has 2 aromatic heterocycles. The van der Waals surface area contributed by atoms with Gasteiger partial charge in [0.1, 0.15) is 12.4 Å². The summed E-state index contributed by atoms with van der Waals surface area (Å²) in [5, 5.41) is 5.26. The zero-order chi connectivity index (χ0) is 18.3. The van der Waals surface area contributed by atoms with Crippen molar-refractivity contribution in [1.29, 1.82) is 0 Å². The number of morpholine rings is 1. The third kappa shape index (κ3) is 2.76. The molecule has 1 aliphatic rings. The molecule has 4 rings (SSSR count). The van der Waals surface area contributed by atoms with E-state index in [0.717, 1.165) is 10.9 Å². The van der Waals surface area contributed by atoms with Gasteiger partial charge < -0.3 is 9.64 Å². The summed E-state index contributed by atoms with van der Waals surface area (Å²) in [5.41, 5.74) is 1.00. The van der Waals surface area contributed by atoms with Crippen LogP contribution in [0.2, 0.25) is 0 Å². The van der Waals surface area contributed by atoms with E-state index in [2.05, 4.69) is 10.1 Å². The van der Waals surface area contributed by atoms with Crippen LogP contribution in [0.3, 0.4) is 0 Å². The van der Waals surface area contributed by atoms with Gasteiger partial charge in [0.15, 0.2) is 5.65 Å². The Morgan fingerprint density at radius 3 is 2.69 bits per heavy atom. The number of benzene rings is 1. The number of carbonyl (C=O) groups is 1. The lowest BCUT2D eigenvalue weighted by Gasteiger charge is -2.26. The molecule has 0 unspecified atom stereocenters. The summed E-state index contributed by atoms with van der Waals surface area (Å²) in [6.07, 6.45) is 0. The summed E-state index contributed by atoms with van der Waals surface area (Å²) in [6, 6.07) is 7.60. The van der Waals surface area contributed by atoms with Gasteiger partial charge in [-0.15, -0.1) is 5.10 Å². The quantitative estimate of drug-likeness (QED) is 0.701. The van der Waals surface area contributed by atoms with Crippen LogP contribution < -0.4 is 5.69 Å². The smallest absolute Gasteiger partial charge is 0.352 e. The molecular formula is C18H21N5O3. The minimum absolute atomic E-state index is 0.0485. The van der Waals surface area contributed by atoms with E-state index in [1.54, 1.807) is 4.90 Å². The fraction of sp³-hybridized carbons (Fsp3) is 0.444. The second-order valence-electron chi connectivity index (χ2n) is 6.73. The van der Waals surface area contributed by atoms with E-state index < -0.39 is 0 Å². The first-order valence-electron chi connectivity index (χ1n) is 8.80. The molecule has 26 heavy (non-hydrogen) atoms. The van der Waals surface area contributed by atoms with E-state index in [4.69, 9.17) is 4.74 Å². The SMILES string of the molecule is CC(C)c1nc2ccccc2c2nn(CC(=O)N3CCOCC3)c(=O)n12. The number of hydrogen-bond acceptors (Lipinski definition) is 5. The third-order valence-corrected chi connectivity index (χ3v) is 4.61. The molecule has 0 N–H and O–H groups in total. The largest absolute Gasteiger partial charge is 0.378 e. The molecule has 0 atom stereocenters. The van der Waals surface area contributed by atoms with Crippen LogP contribution in [0, 0.1) is 0 Å². The van der Waals surface area contributed by atoms with Gasteiger partial charge in [0.05, 0.1) is 18.7 Å². The Balaban J connectivity index is 1.83. The maximum Gasteiger partial charge on any atom is 0.352 e. The van der Waals surface area contributed by atoms with Crippen LogP contribution in [0.1, 0.15) is 25.6 Å². The van der Waals surface area contributed by atoms with Crippen molar-refractivity contribution in [3.05, 3.63) is 40.6 Å². The number of amides is 1. The first-order valence-corrected chi connectivity index (χ1v) is 8.80. The van der Waals surface area contributed by atoms with Gasteiger partial charge in [-0.1, -0.05) is 26.0 Å². The Morgan fingerprint density at radius 2 is 1.96 bits per heavy atom. The Hall–Kier alpha value is -2.74. The third-order valence-electron chi connectivity index (χ3n) is 4.61. The van der Waals surface area contributed by atoms with Crippen molar-refractivity contribution in [2.24, 2.45) is 0 Å². The van der Waals surface area contributed by atoms with E-state index in [-0.39, 0.29) is 24.1 Å². The van der Waals surface area contributed by atoms with Crippen LogP contribution in [0.25, 0.3) is 16.6 Å². The number of ether oxygens (including phenoxy) is 1. The molecule has 136 valence electrons. The van der Waals surface area contributed by atoms with Crippen LogP contribution in [0.15, 0.2) is 29.1 Å². The Kier molecular flexibility index (Phi) is 4.20. The fourth-order valence-corrected chi connectivity index (χ4v) is 3.25. The summed E-state index contributed by atoms with van der Waals surface area (Å²) >= 11 is 0. The Bertz CT molecular complexity index is 1030. The average Bonchev–Trinajstić information content (AvgIpc) is 2.98. The standard InChI is InChI=1S/C18H21N5O3/c1-12(2)16-19-14-6-4-3-5-13(14)17-20-22(18(25)23(16)17)11-15(24)21-7-9-26-10-8-21/h3-6,12H,7-11H2,1-2H3. The molecule has 0 bridgehead atoms. The molecule has 1 amide bonds. The first-order chi connectivity index (χ1) is 12.6. The fourth-order valence-electron chi connectivity index (χ4n) is 3.25. The Labute approximate surface area is 150 Å². The number of fused-ring (bicyclic) bond motifs is 3. The molecule has 3 aromatic rings. The number of para-hydroxylation sites is 1. The van der Waals surface area contributed by atoms with E-state index in [1.807, 2.05) is 38.1 Å². The number of nitrogens with zero attached hydrogens (tertiary/aromatic N) is 5. The van der Waals surface area contributed by atoms with Crippen molar-refractivity contribution in [3.63, 3.8) is 0 Å². The van der Waals surface area contributed by atoms with E-state index in [9.17, 15) is 9.59 Å². The van der Waals surface area contributed by atoms with E-state index >= 15 is 0 Å². The minimum atomic E-state index is -0.330. The van der Waals surface area contributed by atoms with Crippen LogP contribution in [-0.4, -0.2) is 56.3 Å². The van der Waals surface area contributed by atoms with Crippen LogP contribution in [-0.2, 0) is 16.1 Å². The number of hydrogen-bond donors (Lipinski definition) is 0. The molecule has 0 spiro atoms. The molecule has 1 saturated heterocycles. The summed E-state index contributed by atoms with van der Waals surface area (Å²) in [4.78, 5) is 31.8. The molecular weight excluding hydrogens is 334 g/mol. The topological polar surface area (TPSA) is 81.7 Å². The number of aromatic nitrogens is 4. The molecule has 1 aliphatic heterocycles. The zero-order valence-electron chi connectivity index (χ0n) is 14.9. The predicted molar refractivity (Wildman–Crippen MR) is 96.2 cm³/mol. The highest BCUT2D eigenvalue weighted by atomic mass is 16.5. The van der Waals surface area contributed by atoms with Gasteiger partial charge >= 0.3 is 5.69 Å². The normalized spacial score (nSPS) is 15.3. The second-order valence-corrected chi connectivity index (χ2v) is 6.73. The molecule has 1 aromatic carbocycles. The molecule has 0 aliphatic carbocycles. The van der Waals surface area contributed by atoms with Gasteiger partial charge in [0, 0.05) is 24.4 Å². The van der Waals surface area contributed by atoms with Gasteiger partial charge in [-0.05, 0) is 12.1 Å². The minimum Gasteiger partial charge on any atom is -0.378 e. The van der Waals surface area contributed by atoms with Crippen molar-refractivity contribution in [1.82, 2.24) is 24.1 Å². The molecule has 1 fully saturated rings. The highest BCUT2D eigenvalue weighted by molar-refractivity contribution is 5.91. The van der Waals surface area contributed by atoms with Crippen LogP contribution >= 0.6 is 0 Å². The van der Waals surface area contributed by atoms with Crippen molar-refractivity contribution in [2.45, 2.75) is 26.3 Å². The van der Waals surface area contributed by atoms with Gasteiger partial charge in [0.25, 0.3) is 0 Å². The maximum absolute atomic E-state index is 12.9. The lowest BCUT2D eigenvalue weighted by molar-refractivity contribution is -0.136. The number of carbonyl (C=O) groups excluding carboxylic acids is 1. The summed E-state index contributed by atoms with van der Waals surface area (Å²) in [6.45, 7) is 6.03. The van der Waals surface area contributed by atoms with Gasteiger partial charge in [-0.3, -0.25) is 4.79 Å². The van der Waals surface area contributed by atoms with E-state index in [0.29, 0.717) is 37.8 Å². The summed E-state index contributed by atoms with van der Waals surface area (Å²) in [7, 11) is 0. The monoisotopic (exact) mass is 355 g/mol. The van der Waals surface area contributed by atoms with Gasteiger partial charge in [0.2, 0.25) is 5.91 Å². The highest BCUT2D eigenvalue weighted by Crippen LogP contribution is 2.20. The molecule has 8 nitrogen and oxygen atoms in total. The zero-order valence-corrected chi connectivity index (χ0v) is 14.9. The van der Waals surface area contributed by atoms with Gasteiger partial charge in [-0.25, -0.2) is 18.9 Å². The second kappa shape index (κ2) is 6.53. The predicted octanol–water partition coefficient (Wildman–Crippen LogP) is 1.03. The maximum atomic E-state index is 12.9. The molecule has 3 heterocycles. The van der Waals surface area contributed by atoms with Crippen molar-refractivity contribution >= 4 is 22.5 Å². The van der Waals surface area contributed by atoms with Crippen LogP contribution in [0.5, 0.6) is 0 Å². The van der Waals surface area contributed by atoms with E-state index in [1.165, 1.54) is 9.08 Å². The van der Waals surface area contributed by atoms with Crippen LogP contribution in [0.4, 0.5) is 0 Å². The first kappa shape index (κ1) is 16.7. The van der Waals surface area contributed by atoms with Crippen molar-refractivity contribution in [2.75, 3.05) is 26.3 Å². The van der Waals surface area contributed by atoms with Crippen molar-refractivity contribution in [3.8, 4) is 0 Å². The highest BCUT2D eigenvalue weighted by Gasteiger charge is 2.22. The lowest BCUT2D eigenvalue weighted by Crippen LogP contribution is -2.43. The number of rotatable bonds is 3.